The fourth-order valence-corrected chi connectivity index (χ4v) is 3.53. The minimum Gasteiger partial charge on any atom is -0.464 e. The lowest BCUT2D eigenvalue weighted by molar-refractivity contribution is 0.122. The van der Waals surface area contributed by atoms with Crippen molar-refractivity contribution in [2.75, 3.05) is 36.5 Å². The van der Waals surface area contributed by atoms with Gasteiger partial charge in [-0.15, -0.1) is 0 Å². The summed E-state index contributed by atoms with van der Waals surface area (Å²) in [7, 11) is 0. The summed E-state index contributed by atoms with van der Waals surface area (Å²) >= 11 is 0. The minimum atomic E-state index is 0.571. The molecule has 0 saturated carbocycles. The van der Waals surface area contributed by atoms with E-state index in [1.54, 1.807) is 12.5 Å². The van der Waals surface area contributed by atoms with Gasteiger partial charge in [0, 0.05) is 41.8 Å². The monoisotopic (exact) mass is 398 g/mol. The van der Waals surface area contributed by atoms with E-state index in [0.717, 1.165) is 54.6 Å². The van der Waals surface area contributed by atoms with E-state index in [1.165, 1.54) is 5.69 Å². The molecule has 150 valence electrons. The van der Waals surface area contributed by atoms with Gasteiger partial charge in [0.15, 0.2) is 0 Å². The molecule has 0 spiro atoms. The second-order valence-electron chi connectivity index (χ2n) is 7.09. The molecule has 2 aromatic heterocycles. The number of rotatable bonds is 5. The van der Waals surface area contributed by atoms with E-state index in [4.69, 9.17) is 9.15 Å². The number of morpholine rings is 1. The van der Waals surface area contributed by atoms with Crippen LogP contribution in [0.25, 0.3) is 22.6 Å². The van der Waals surface area contributed by atoms with E-state index < -0.39 is 0 Å². The van der Waals surface area contributed by atoms with Crippen LogP contribution in [0.5, 0.6) is 0 Å². The Morgan fingerprint density at radius 3 is 2.33 bits per heavy atom. The van der Waals surface area contributed by atoms with Gasteiger partial charge in [0.1, 0.15) is 5.76 Å². The highest BCUT2D eigenvalue weighted by molar-refractivity contribution is 5.67. The van der Waals surface area contributed by atoms with Gasteiger partial charge in [-0.05, 0) is 42.5 Å². The highest BCUT2D eigenvalue weighted by atomic mass is 16.5. The molecule has 0 aliphatic carbocycles. The third-order valence-electron chi connectivity index (χ3n) is 5.14. The number of anilines is 3. The van der Waals surface area contributed by atoms with Gasteiger partial charge in [0.05, 0.1) is 25.2 Å². The Bertz CT molecular complexity index is 1090. The van der Waals surface area contributed by atoms with E-state index >= 15 is 0 Å². The third kappa shape index (κ3) is 4.04. The number of nitrogens with zero attached hydrogens (tertiary/aromatic N) is 3. The summed E-state index contributed by atoms with van der Waals surface area (Å²) in [6, 6.07) is 22.2. The summed E-state index contributed by atoms with van der Waals surface area (Å²) in [6.45, 7) is 3.42. The lowest BCUT2D eigenvalue weighted by Crippen LogP contribution is -2.36. The molecule has 1 aliphatic heterocycles. The van der Waals surface area contributed by atoms with Crippen molar-refractivity contribution in [3.05, 3.63) is 79.2 Å². The summed E-state index contributed by atoms with van der Waals surface area (Å²) in [4.78, 5) is 11.4. The standard InChI is InChI=1S/C24H22N4O2/c1-2-23(30-15-1)19-5-3-18(4-6-19)22-11-12-25-24(27-22)26-20-7-9-21(10-8-20)28-13-16-29-17-14-28/h1-12,15H,13-14,16-17H2,(H,25,26,27). The number of ether oxygens (including phenoxy) is 1. The number of benzene rings is 2. The number of hydrogen-bond donors (Lipinski definition) is 1. The Hall–Kier alpha value is -3.64. The van der Waals surface area contributed by atoms with E-state index in [0.29, 0.717) is 5.95 Å². The SMILES string of the molecule is c1coc(-c2ccc(-c3ccnc(Nc4ccc(N5CCOCC5)cc4)n3)cc2)c1. The predicted octanol–water partition coefficient (Wildman–Crippen LogP) is 4.98. The molecule has 0 radical (unpaired) electrons. The summed E-state index contributed by atoms with van der Waals surface area (Å²) in [5.41, 5.74) is 5.09. The summed E-state index contributed by atoms with van der Waals surface area (Å²) < 4.78 is 10.9. The van der Waals surface area contributed by atoms with Crippen LogP contribution < -0.4 is 10.2 Å². The van der Waals surface area contributed by atoms with Gasteiger partial charge in [0.2, 0.25) is 5.95 Å². The Morgan fingerprint density at radius 1 is 0.833 bits per heavy atom. The first-order chi connectivity index (χ1) is 14.8. The molecule has 3 heterocycles. The highest BCUT2D eigenvalue weighted by Crippen LogP contribution is 2.25. The molecule has 1 N–H and O–H groups in total. The van der Waals surface area contributed by atoms with Crippen LogP contribution in [0.1, 0.15) is 0 Å². The van der Waals surface area contributed by atoms with E-state index in [-0.39, 0.29) is 0 Å². The zero-order valence-electron chi connectivity index (χ0n) is 16.5. The van der Waals surface area contributed by atoms with Gasteiger partial charge in [-0.25, -0.2) is 9.97 Å². The maximum Gasteiger partial charge on any atom is 0.227 e. The topological polar surface area (TPSA) is 63.4 Å². The number of nitrogens with one attached hydrogen (secondary N) is 1. The first-order valence-electron chi connectivity index (χ1n) is 10.0. The summed E-state index contributed by atoms with van der Waals surface area (Å²) in [6.07, 6.45) is 3.45. The first kappa shape index (κ1) is 18.4. The highest BCUT2D eigenvalue weighted by Gasteiger charge is 2.11. The van der Waals surface area contributed by atoms with Crippen molar-refractivity contribution in [2.45, 2.75) is 0 Å². The molecule has 0 amide bonds. The lowest BCUT2D eigenvalue weighted by atomic mass is 10.1. The fraction of sp³-hybridized carbons (Fsp3) is 0.167. The van der Waals surface area contributed by atoms with Crippen molar-refractivity contribution in [3.63, 3.8) is 0 Å². The maximum absolute atomic E-state index is 5.45. The number of aromatic nitrogens is 2. The van der Waals surface area contributed by atoms with Gasteiger partial charge in [0.25, 0.3) is 0 Å². The lowest BCUT2D eigenvalue weighted by Gasteiger charge is -2.28. The van der Waals surface area contributed by atoms with E-state index in [9.17, 15) is 0 Å². The van der Waals surface area contributed by atoms with Crippen LogP contribution in [0.4, 0.5) is 17.3 Å². The average Bonchev–Trinajstić information content (AvgIpc) is 3.36. The molecule has 4 aromatic rings. The second-order valence-corrected chi connectivity index (χ2v) is 7.09. The second kappa shape index (κ2) is 8.39. The van der Waals surface area contributed by atoms with Crippen molar-refractivity contribution in [1.82, 2.24) is 9.97 Å². The molecule has 30 heavy (non-hydrogen) atoms. The summed E-state index contributed by atoms with van der Waals surface area (Å²) in [5, 5.41) is 3.30. The number of furan rings is 1. The molecule has 1 fully saturated rings. The molecule has 0 bridgehead atoms. The van der Waals surface area contributed by atoms with Crippen LogP contribution in [0.15, 0.2) is 83.6 Å². The van der Waals surface area contributed by atoms with Crippen LogP contribution in [-0.2, 0) is 4.74 Å². The van der Waals surface area contributed by atoms with Crippen LogP contribution in [-0.4, -0.2) is 36.3 Å². The van der Waals surface area contributed by atoms with Crippen LogP contribution >= 0.6 is 0 Å². The Morgan fingerprint density at radius 2 is 1.60 bits per heavy atom. The smallest absolute Gasteiger partial charge is 0.227 e. The van der Waals surface area contributed by atoms with E-state index in [2.05, 4.69) is 44.5 Å². The van der Waals surface area contributed by atoms with Gasteiger partial charge in [-0.2, -0.15) is 0 Å². The van der Waals surface area contributed by atoms with Crippen LogP contribution in [0, 0.1) is 0 Å². The molecule has 1 aliphatic rings. The normalized spacial score (nSPS) is 13.9. The van der Waals surface area contributed by atoms with Gasteiger partial charge in [-0.3, -0.25) is 0 Å². The quantitative estimate of drug-likeness (QED) is 0.511. The van der Waals surface area contributed by atoms with Gasteiger partial charge >= 0.3 is 0 Å². The zero-order chi connectivity index (χ0) is 20.2. The molecule has 0 unspecified atom stereocenters. The Labute approximate surface area is 175 Å². The van der Waals surface area contributed by atoms with Crippen molar-refractivity contribution < 1.29 is 9.15 Å². The van der Waals surface area contributed by atoms with Crippen molar-refractivity contribution in [2.24, 2.45) is 0 Å². The average molecular weight is 398 g/mol. The molecule has 0 atom stereocenters. The maximum atomic E-state index is 5.45. The van der Waals surface area contributed by atoms with Crippen molar-refractivity contribution >= 4 is 17.3 Å². The molecular formula is C24H22N4O2. The zero-order valence-corrected chi connectivity index (χ0v) is 16.5. The van der Waals surface area contributed by atoms with Gasteiger partial charge in [-0.1, -0.05) is 24.3 Å². The minimum absolute atomic E-state index is 0.571. The fourth-order valence-electron chi connectivity index (χ4n) is 3.53. The molecule has 6 nitrogen and oxygen atoms in total. The molecule has 5 rings (SSSR count). The van der Waals surface area contributed by atoms with Crippen LogP contribution in [0.3, 0.4) is 0 Å². The molecular weight excluding hydrogens is 376 g/mol. The Kier molecular flexibility index (Phi) is 5.14. The predicted molar refractivity (Wildman–Crippen MR) is 118 cm³/mol. The Balaban J connectivity index is 1.30. The number of hydrogen-bond acceptors (Lipinski definition) is 6. The van der Waals surface area contributed by atoms with Crippen molar-refractivity contribution in [1.29, 1.82) is 0 Å². The van der Waals surface area contributed by atoms with Crippen molar-refractivity contribution in [3.8, 4) is 22.6 Å². The largest absolute Gasteiger partial charge is 0.464 e. The molecule has 6 heteroatoms. The van der Waals surface area contributed by atoms with Crippen LogP contribution in [0.2, 0.25) is 0 Å². The molecule has 1 saturated heterocycles. The molecule has 2 aromatic carbocycles. The van der Waals surface area contributed by atoms with Gasteiger partial charge < -0.3 is 19.4 Å². The summed E-state index contributed by atoms with van der Waals surface area (Å²) in [5.74, 6) is 1.42. The third-order valence-corrected chi connectivity index (χ3v) is 5.14. The van der Waals surface area contributed by atoms with E-state index in [1.807, 2.05) is 42.5 Å². The first-order valence-corrected chi connectivity index (χ1v) is 10.0.